The highest BCUT2D eigenvalue weighted by atomic mass is 35.5. The fourth-order valence-corrected chi connectivity index (χ4v) is 2.52. The van der Waals surface area contributed by atoms with Crippen LogP contribution in [0.5, 0.6) is 0 Å². The number of carboxylic acids is 1. The summed E-state index contributed by atoms with van der Waals surface area (Å²) in [5.41, 5.74) is 1.08. The van der Waals surface area contributed by atoms with Gasteiger partial charge in [-0.3, -0.25) is 4.79 Å². The molecule has 0 radical (unpaired) electrons. The van der Waals surface area contributed by atoms with Crippen LogP contribution in [0.25, 0.3) is 0 Å². The van der Waals surface area contributed by atoms with Crippen LogP contribution >= 0.6 is 22.9 Å². The van der Waals surface area contributed by atoms with Crippen molar-refractivity contribution in [3.8, 4) is 0 Å². The smallest absolute Gasteiger partial charge is 0.345 e. The maximum atomic E-state index is 11.8. The molecule has 0 fully saturated rings. The monoisotopic (exact) mass is 309 g/mol. The van der Waals surface area contributed by atoms with Crippen LogP contribution in [-0.4, -0.2) is 23.5 Å². The Morgan fingerprint density at radius 2 is 1.75 bits per heavy atom. The lowest BCUT2D eigenvalue weighted by Crippen LogP contribution is -2.24. The van der Waals surface area contributed by atoms with Gasteiger partial charge in [0.25, 0.3) is 5.91 Å². The molecule has 0 bridgehead atoms. The van der Waals surface area contributed by atoms with Gasteiger partial charge in [0.15, 0.2) is 0 Å². The van der Waals surface area contributed by atoms with Crippen LogP contribution in [0.2, 0.25) is 5.02 Å². The summed E-state index contributed by atoms with van der Waals surface area (Å²) < 4.78 is 0. The lowest BCUT2D eigenvalue weighted by molar-refractivity contribution is 0.0702. The van der Waals surface area contributed by atoms with E-state index in [9.17, 15) is 9.59 Å². The molecule has 0 aliphatic heterocycles. The molecule has 104 valence electrons. The standard InChI is InChI=1S/C14H12ClNO3S/c15-10-3-1-9(2-4-10)7-8-16-13(17)11-5-6-12(20-11)14(18)19/h1-6H,7-8H2,(H,16,17)(H,18,19). The molecule has 0 spiro atoms. The normalized spacial score (nSPS) is 10.2. The Balaban J connectivity index is 1.85. The summed E-state index contributed by atoms with van der Waals surface area (Å²) in [6.07, 6.45) is 0.695. The highest BCUT2D eigenvalue weighted by Crippen LogP contribution is 2.16. The number of thiophene rings is 1. The lowest BCUT2D eigenvalue weighted by Gasteiger charge is -2.04. The minimum Gasteiger partial charge on any atom is -0.477 e. The lowest BCUT2D eigenvalue weighted by atomic mass is 10.1. The zero-order chi connectivity index (χ0) is 14.5. The first kappa shape index (κ1) is 14.6. The zero-order valence-electron chi connectivity index (χ0n) is 10.4. The second-order valence-electron chi connectivity index (χ2n) is 4.10. The van der Waals surface area contributed by atoms with E-state index in [2.05, 4.69) is 5.32 Å². The van der Waals surface area contributed by atoms with Crippen LogP contribution in [-0.2, 0) is 6.42 Å². The number of carbonyl (C=O) groups is 2. The van der Waals surface area contributed by atoms with Crippen molar-refractivity contribution in [2.75, 3.05) is 6.54 Å². The van der Waals surface area contributed by atoms with E-state index in [1.54, 1.807) is 12.1 Å². The number of rotatable bonds is 5. The van der Waals surface area contributed by atoms with E-state index in [-0.39, 0.29) is 10.8 Å². The first-order chi connectivity index (χ1) is 9.56. The molecule has 1 amide bonds. The Morgan fingerprint density at radius 1 is 1.10 bits per heavy atom. The van der Waals surface area contributed by atoms with Gasteiger partial charge in [-0.2, -0.15) is 0 Å². The van der Waals surface area contributed by atoms with Crippen molar-refractivity contribution in [1.29, 1.82) is 0 Å². The van der Waals surface area contributed by atoms with Crippen molar-refractivity contribution in [2.24, 2.45) is 0 Å². The summed E-state index contributed by atoms with van der Waals surface area (Å²) in [6, 6.07) is 10.4. The first-order valence-electron chi connectivity index (χ1n) is 5.92. The van der Waals surface area contributed by atoms with Gasteiger partial charge >= 0.3 is 5.97 Å². The number of nitrogens with one attached hydrogen (secondary N) is 1. The molecule has 1 aromatic carbocycles. The molecular formula is C14H12ClNO3S. The summed E-state index contributed by atoms with van der Waals surface area (Å²) >= 11 is 6.76. The van der Waals surface area contributed by atoms with Crippen LogP contribution in [0.1, 0.15) is 24.9 Å². The van der Waals surface area contributed by atoms with Crippen molar-refractivity contribution in [1.82, 2.24) is 5.32 Å². The number of benzene rings is 1. The van der Waals surface area contributed by atoms with Gasteiger partial charge in [-0.05, 0) is 36.2 Å². The van der Waals surface area contributed by atoms with E-state index in [0.29, 0.717) is 22.9 Å². The maximum Gasteiger partial charge on any atom is 0.345 e. The SMILES string of the molecule is O=C(O)c1ccc(C(=O)NCCc2ccc(Cl)cc2)s1. The zero-order valence-corrected chi connectivity index (χ0v) is 12.0. The summed E-state index contributed by atoms with van der Waals surface area (Å²) in [5, 5.41) is 12.2. The fourth-order valence-electron chi connectivity index (χ4n) is 1.63. The molecule has 1 aromatic heterocycles. The average molecular weight is 310 g/mol. The molecule has 2 rings (SSSR count). The van der Waals surface area contributed by atoms with E-state index < -0.39 is 5.97 Å². The van der Waals surface area contributed by atoms with Crippen LogP contribution in [0.15, 0.2) is 36.4 Å². The van der Waals surface area contributed by atoms with Crippen molar-refractivity contribution in [3.05, 3.63) is 56.7 Å². The summed E-state index contributed by atoms with van der Waals surface area (Å²) in [6.45, 7) is 0.487. The maximum absolute atomic E-state index is 11.8. The van der Waals surface area contributed by atoms with E-state index in [0.717, 1.165) is 16.9 Å². The molecule has 1 heterocycles. The largest absolute Gasteiger partial charge is 0.477 e. The van der Waals surface area contributed by atoms with Crippen molar-refractivity contribution >= 4 is 34.8 Å². The third kappa shape index (κ3) is 3.82. The summed E-state index contributed by atoms with van der Waals surface area (Å²) in [7, 11) is 0. The fraction of sp³-hybridized carbons (Fsp3) is 0.143. The van der Waals surface area contributed by atoms with E-state index >= 15 is 0 Å². The van der Waals surface area contributed by atoms with Gasteiger partial charge in [-0.25, -0.2) is 4.79 Å². The molecular weight excluding hydrogens is 298 g/mol. The topological polar surface area (TPSA) is 66.4 Å². The Bertz CT molecular complexity index is 622. The van der Waals surface area contributed by atoms with Gasteiger partial charge in [0.1, 0.15) is 4.88 Å². The third-order valence-electron chi connectivity index (χ3n) is 2.65. The number of halogens is 1. The molecule has 6 heteroatoms. The molecule has 0 saturated heterocycles. The predicted molar refractivity (Wildman–Crippen MR) is 78.8 cm³/mol. The van der Waals surface area contributed by atoms with Crippen molar-refractivity contribution in [2.45, 2.75) is 6.42 Å². The second-order valence-corrected chi connectivity index (χ2v) is 5.62. The third-order valence-corrected chi connectivity index (χ3v) is 3.98. The van der Waals surface area contributed by atoms with Crippen LogP contribution in [0.4, 0.5) is 0 Å². The molecule has 4 nitrogen and oxygen atoms in total. The van der Waals surface area contributed by atoms with Crippen molar-refractivity contribution in [3.63, 3.8) is 0 Å². The van der Waals surface area contributed by atoms with Gasteiger partial charge in [0, 0.05) is 11.6 Å². The van der Waals surface area contributed by atoms with Gasteiger partial charge in [-0.1, -0.05) is 23.7 Å². The molecule has 0 atom stereocenters. The minimum atomic E-state index is -1.02. The first-order valence-corrected chi connectivity index (χ1v) is 7.11. The molecule has 20 heavy (non-hydrogen) atoms. The van der Waals surface area contributed by atoms with Crippen LogP contribution < -0.4 is 5.32 Å². The van der Waals surface area contributed by atoms with E-state index in [1.165, 1.54) is 12.1 Å². The molecule has 0 aliphatic rings. The minimum absolute atomic E-state index is 0.160. The predicted octanol–water partition coefficient (Wildman–Crippen LogP) is 3.07. The molecule has 0 saturated carbocycles. The highest BCUT2D eigenvalue weighted by molar-refractivity contribution is 7.15. The Morgan fingerprint density at radius 3 is 2.35 bits per heavy atom. The van der Waals surface area contributed by atoms with Crippen molar-refractivity contribution < 1.29 is 14.7 Å². The Labute approximate surface area is 125 Å². The van der Waals surface area contributed by atoms with E-state index in [1.807, 2.05) is 12.1 Å². The van der Waals surface area contributed by atoms with Gasteiger partial charge < -0.3 is 10.4 Å². The van der Waals surface area contributed by atoms with E-state index in [4.69, 9.17) is 16.7 Å². The number of carboxylic acid groups (broad SMARTS) is 1. The molecule has 0 unspecified atom stereocenters. The number of carbonyl (C=O) groups excluding carboxylic acids is 1. The molecule has 2 aromatic rings. The van der Waals surface area contributed by atoms with Crippen LogP contribution in [0.3, 0.4) is 0 Å². The Hall–Kier alpha value is -1.85. The number of aromatic carboxylic acids is 1. The van der Waals surface area contributed by atoms with Gasteiger partial charge in [-0.15, -0.1) is 11.3 Å². The molecule has 2 N–H and O–H groups in total. The Kier molecular flexibility index (Phi) is 4.76. The van der Waals surface area contributed by atoms with Gasteiger partial charge in [0.05, 0.1) is 4.88 Å². The number of amides is 1. The highest BCUT2D eigenvalue weighted by Gasteiger charge is 2.12. The second kappa shape index (κ2) is 6.54. The van der Waals surface area contributed by atoms with Crippen LogP contribution in [0, 0.1) is 0 Å². The molecule has 0 aliphatic carbocycles. The number of hydrogen-bond donors (Lipinski definition) is 2. The average Bonchev–Trinajstić information content (AvgIpc) is 2.91. The quantitative estimate of drug-likeness (QED) is 0.892. The number of hydrogen-bond acceptors (Lipinski definition) is 3. The van der Waals surface area contributed by atoms with Gasteiger partial charge in [0.2, 0.25) is 0 Å². The summed E-state index contributed by atoms with van der Waals surface area (Å²) in [4.78, 5) is 23.1. The summed E-state index contributed by atoms with van der Waals surface area (Å²) in [5.74, 6) is -1.27.